The van der Waals surface area contributed by atoms with Gasteiger partial charge in [-0.1, -0.05) is 12.2 Å². The zero-order valence-corrected chi connectivity index (χ0v) is 22.9. The van der Waals surface area contributed by atoms with Crippen LogP contribution in [0.15, 0.2) is 28.8 Å². The van der Waals surface area contributed by atoms with Gasteiger partial charge in [0.15, 0.2) is 5.13 Å². The highest BCUT2D eigenvalue weighted by atomic mass is 32.2. The topological polar surface area (TPSA) is 193 Å². The summed E-state index contributed by atoms with van der Waals surface area (Å²) < 4.78 is 14.9. The molecule has 0 bridgehead atoms. The zero-order valence-electron chi connectivity index (χ0n) is 21.2. The Balaban J connectivity index is 1.76. The van der Waals surface area contributed by atoms with Crippen LogP contribution in [0.1, 0.15) is 39.3 Å². The molecule has 1 saturated heterocycles. The lowest BCUT2D eigenvalue weighted by Gasteiger charge is -2.49. The van der Waals surface area contributed by atoms with Crippen LogP contribution < -0.4 is 16.8 Å². The Kier molecular flexibility index (Phi) is 9.04. The fraction of sp³-hybridized carbons (Fsp3) is 0.478. The standard InChI is InChI=1S/C23H29N5O8S2/c1-5-6-12(13-9-38-21(24)26-13)16(29)27-14-17(30)28-15(11(7-34-22(25)33)8-37-18(14)28)19(31)35-10-36-20(32)23(2,3)4/h5-6,9,12,14,18H,7-8,10H2,1-4H3,(H2,24,26)(H2,25,33)(H,27,29)/b6-5+/t12?,14-,18-/m1/s1. The van der Waals surface area contributed by atoms with Crippen molar-refractivity contribution in [2.45, 2.75) is 45.0 Å². The second kappa shape index (κ2) is 11.9. The summed E-state index contributed by atoms with van der Waals surface area (Å²) in [5, 5.41) is 4.07. The van der Waals surface area contributed by atoms with Crippen molar-refractivity contribution in [3.05, 3.63) is 34.5 Å². The van der Waals surface area contributed by atoms with Gasteiger partial charge < -0.3 is 31.0 Å². The lowest BCUT2D eigenvalue weighted by atomic mass is 9.98. The second-order valence-corrected chi connectivity index (χ2v) is 11.3. The third-order valence-electron chi connectivity index (χ3n) is 5.45. The molecule has 3 heterocycles. The number of hydrogen-bond acceptors (Lipinski definition) is 12. The molecule has 5 N–H and O–H groups in total. The number of fused-ring (bicyclic) bond motifs is 1. The van der Waals surface area contributed by atoms with E-state index in [1.54, 1.807) is 45.2 Å². The maximum Gasteiger partial charge on any atom is 0.404 e. The minimum Gasteiger partial charge on any atom is -0.445 e. The summed E-state index contributed by atoms with van der Waals surface area (Å²) in [4.78, 5) is 67.6. The molecule has 1 fully saturated rings. The van der Waals surface area contributed by atoms with Crippen molar-refractivity contribution in [3.8, 4) is 0 Å². The van der Waals surface area contributed by atoms with Gasteiger partial charge in [-0.15, -0.1) is 23.1 Å². The number of rotatable bonds is 9. The first-order chi connectivity index (χ1) is 17.8. The van der Waals surface area contributed by atoms with Crippen LogP contribution in [0, 0.1) is 5.41 Å². The molecule has 1 aromatic rings. The van der Waals surface area contributed by atoms with Gasteiger partial charge in [0.1, 0.15) is 23.7 Å². The van der Waals surface area contributed by atoms with Gasteiger partial charge in [-0.25, -0.2) is 14.6 Å². The first kappa shape index (κ1) is 29.0. The Morgan fingerprint density at radius 3 is 2.55 bits per heavy atom. The summed E-state index contributed by atoms with van der Waals surface area (Å²) in [6, 6.07) is -0.934. The van der Waals surface area contributed by atoms with Crippen molar-refractivity contribution in [1.29, 1.82) is 0 Å². The fourth-order valence-corrected chi connectivity index (χ4v) is 5.49. The summed E-state index contributed by atoms with van der Waals surface area (Å²) in [5.74, 6) is -3.15. The van der Waals surface area contributed by atoms with Crippen LogP contribution in [0.25, 0.3) is 0 Å². The molecule has 2 aliphatic heterocycles. The number of hydrogen-bond donors (Lipinski definition) is 3. The number of ether oxygens (including phenoxy) is 3. The number of aromatic nitrogens is 1. The number of β-lactam (4-membered cyclic amide) rings is 1. The van der Waals surface area contributed by atoms with Crippen molar-refractivity contribution in [2.24, 2.45) is 11.1 Å². The van der Waals surface area contributed by atoms with Crippen molar-refractivity contribution >= 4 is 58.1 Å². The number of nitrogens with zero attached hydrogens (tertiary/aromatic N) is 2. The Hall–Kier alpha value is -3.59. The number of nitrogen functional groups attached to an aromatic ring is 1. The molecule has 15 heteroatoms. The minimum absolute atomic E-state index is 0.158. The lowest BCUT2D eigenvalue weighted by Crippen LogP contribution is -2.71. The van der Waals surface area contributed by atoms with E-state index in [4.69, 9.17) is 25.7 Å². The van der Waals surface area contributed by atoms with E-state index in [1.165, 1.54) is 23.1 Å². The van der Waals surface area contributed by atoms with Crippen LogP contribution in [0.3, 0.4) is 0 Å². The van der Waals surface area contributed by atoms with Crippen LogP contribution in [0.5, 0.6) is 0 Å². The summed E-state index contributed by atoms with van der Waals surface area (Å²) in [6.07, 6.45) is 2.27. The molecule has 206 valence electrons. The van der Waals surface area contributed by atoms with Gasteiger partial charge in [-0.3, -0.25) is 19.3 Å². The number of primary amides is 1. The maximum absolute atomic E-state index is 13.2. The van der Waals surface area contributed by atoms with Crippen LogP contribution in [0.2, 0.25) is 0 Å². The van der Waals surface area contributed by atoms with Gasteiger partial charge in [0, 0.05) is 16.7 Å². The molecule has 0 radical (unpaired) electrons. The van der Waals surface area contributed by atoms with Gasteiger partial charge in [0.05, 0.1) is 17.0 Å². The molecule has 0 saturated carbocycles. The van der Waals surface area contributed by atoms with Crippen LogP contribution in [-0.4, -0.2) is 70.3 Å². The SMILES string of the molecule is C/C=C/C(C(=O)N[C@@H]1C(=O)N2C(C(=O)OCOC(=O)C(C)(C)C)=C(COC(N)=O)CS[C@H]12)c1csc(N)n1. The van der Waals surface area contributed by atoms with Gasteiger partial charge in [0.25, 0.3) is 5.91 Å². The largest absolute Gasteiger partial charge is 0.445 e. The van der Waals surface area contributed by atoms with Crippen molar-refractivity contribution < 1.29 is 38.2 Å². The minimum atomic E-state index is -1.06. The highest BCUT2D eigenvalue weighted by Gasteiger charge is 2.55. The maximum atomic E-state index is 13.2. The first-order valence-electron chi connectivity index (χ1n) is 11.4. The number of nitrogens with two attached hydrogens (primary N) is 2. The normalized spacial score (nSPS) is 19.9. The highest BCUT2D eigenvalue weighted by molar-refractivity contribution is 8.00. The second-order valence-electron chi connectivity index (χ2n) is 9.30. The van der Waals surface area contributed by atoms with E-state index in [1.807, 2.05) is 0 Å². The van der Waals surface area contributed by atoms with Crippen LogP contribution in [-0.2, 0) is 33.4 Å². The molecular formula is C23H29N5O8S2. The van der Waals surface area contributed by atoms with E-state index in [2.05, 4.69) is 10.3 Å². The molecular weight excluding hydrogens is 538 g/mol. The highest BCUT2D eigenvalue weighted by Crippen LogP contribution is 2.41. The van der Waals surface area contributed by atoms with Crippen molar-refractivity contribution in [1.82, 2.24) is 15.2 Å². The smallest absolute Gasteiger partial charge is 0.404 e. The predicted molar refractivity (Wildman–Crippen MR) is 138 cm³/mol. The van der Waals surface area contributed by atoms with Gasteiger partial charge in [-0.2, -0.15) is 0 Å². The number of amides is 3. The number of carbonyl (C=O) groups is 5. The molecule has 13 nitrogen and oxygen atoms in total. The number of thioether (sulfide) groups is 1. The summed E-state index contributed by atoms with van der Waals surface area (Å²) >= 11 is 2.45. The zero-order chi connectivity index (χ0) is 28.2. The molecule has 0 aliphatic carbocycles. The number of carbonyl (C=O) groups excluding carboxylic acids is 5. The van der Waals surface area contributed by atoms with E-state index >= 15 is 0 Å². The van der Waals surface area contributed by atoms with Crippen molar-refractivity contribution in [3.63, 3.8) is 0 Å². The molecule has 3 rings (SSSR count). The van der Waals surface area contributed by atoms with E-state index in [-0.39, 0.29) is 23.6 Å². The van der Waals surface area contributed by atoms with Gasteiger partial charge >= 0.3 is 18.0 Å². The van der Waals surface area contributed by atoms with Crippen LogP contribution in [0.4, 0.5) is 9.93 Å². The molecule has 2 aliphatic rings. The first-order valence-corrected chi connectivity index (χ1v) is 13.3. The van der Waals surface area contributed by atoms with E-state index in [0.717, 1.165) is 4.90 Å². The molecule has 0 spiro atoms. The Labute approximate surface area is 226 Å². The number of esters is 2. The molecule has 3 amide bonds. The van der Waals surface area contributed by atoms with E-state index in [9.17, 15) is 24.0 Å². The van der Waals surface area contributed by atoms with Crippen LogP contribution >= 0.6 is 23.1 Å². The van der Waals surface area contributed by atoms with Crippen molar-refractivity contribution in [2.75, 3.05) is 24.9 Å². The monoisotopic (exact) mass is 567 g/mol. The molecule has 1 unspecified atom stereocenters. The third kappa shape index (κ3) is 6.45. The molecule has 1 aromatic heterocycles. The van der Waals surface area contributed by atoms with E-state index < -0.39 is 59.4 Å². The number of allylic oxidation sites excluding steroid dienone is 1. The summed E-state index contributed by atoms with van der Waals surface area (Å²) in [5.41, 5.74) is 10.5. The molecule has 0 aromatic carbocycles. The average Bonchev–Trinajstić information content (AvgIpc) is 3.28. The number of anilines is 1. The molecule has 3 atom stereocenters. The Bertz CT molecular complexity index is 1190. The summed E-state index contributed by atoms with van der Waals surface area (Å²) in [6.45, 7) is 5.64. The Morgan fingerprint density at radius 1 is 1.26 bits per heavy atom. The number of nitrogens with one attached hydrogen (secondary N) is 1. The van der Waals surface area contributed by atoms with Gasteiger partial charge in [0.2, 0.25) is 12.7 Å². The third-order valence-corrected chi connectivity index (χ3v) is 7.48. The quantitative estimate of drug-likeness (QED) is 0.168. The Morgan fingerprint density at radius 2 is 1.97 bits per heavy atom. The average molecular weight is 568 g/mol. The predicted octanol–water partition coefficient (Wildman–Crippen LogP) is 1.22. The van der Waals surface area contributed by atoms with E-state index in [0.29, 0.717) is 10.8 Å². The molecule has 38 heavy (non-hydrogen) atoms. The fourth-order valence-electron chi connectivity index (χ4n) is 3.56. The number of thiazole rings is 1. The van der Waals surface area contributed by atoms with Gasteiger partial charge in [-0.05, 0) is 27.7 Å². The summed E-state index contributed by atoms with van der Waals surface area (Å²) in [7, 11) is 0. The lowest BCUT2D eigenvalue weighted by molar-refractivity contribution is -0.173.